The predicted molar refractivity (Wildman–Crippen MR) is 56.0 cm³/mol. The summed E-state index contributed by atoms with van der Waals surface area (Å²) in [5, 5.41) is 21.3. The lowest BCUT2D eigenvalue weighted by Crippen LogP contribution is -2.30. The highest BCUT2D eigenvalue weighted by Crippen LogP contribution is 2.14. The average molecular weight is 218 g/mol. The van der Waals surface area contributed by atoms with Crippen molar-refractivity contribution in [2.75, 3.05) is 0 Å². The Labute approximate surface area is 89.0 Å². The molecule has 0 aromatic carbocycles. The summed E-state index contributed by atoms with van der Waals surface area (Å²) in [5.74, 6) is 0. The number of hydrogen-bond acceptors (Lipinski definition) is 4. The molecule has 0 bridgehead atoms. The van der Waals surface area contributed by atoms with Crippen LogP contribution in [0.3, 0.4) is 0 Å². The first kappa shape index (κ1) is 13.8. The summed E-state index contributed by atoms with van der Waals surface area (Å²) in [5.41, 5.74) is 0. The molecule has 2 atom stereocenters. The van der Waals surface area contributed by atoms with Crippen molar-refractivity contribution in [3.8, 4) is 0 Å². The smallest absolute Gasteiger partial charge is 0.219 e. The van der Waals surface area contributed by atoms with Gasteiger partial charge in [0.25, 0.3) is 0 Å². The average Bonchev–Trinajstić information content (AvgIpc) is 2.15. The maximum atomic E-state index is 10.6. The summed E-state index contributed by atoms with van der Waals surface area (Å²) in [6, 6.07) is -1.53. The largest absolute Gasteiger partial charge is 0.264 e. The molecule has 0 fully saturated rings. The van der Waals surface area contributed by atoms with Gasteiger partial charge in [-0.25, -0.2) is 0 Å². The molecule has 0 N–H and O–H groups in total. The number of nitrogens with zero attached hydrogens (tertiary/aromatic N) is 2. The fourth-order valence-electron chi connectivity index (χ4n) is 1.60. The Morgan fingerprint density at radius 1 is 0.933 bits per heavy atom. The second-order valence-electron chi connectivity index (χ2n) is 3.69. The quantitative estimate of drug-likeness (QED) is 0.462. The van der Waals surface area contributed by atoms with Gasteiger partial charge in [-0.1, -0.05) is 13.8 Å². The molecular formula is C9H18N2O4. The molecule has 6 heteroatoms. The maximum Gasteiger partial charge on any atom is 0.219 e. The highest BCUT2D eigenvalue weighted by molar-refractivity contribution is 4.64. The molecule has 0 aliphatic rings. The van der Waals surface area contributed by atoms with Crippen LogP contribution in [0.2, 0.25) is 0 Å². The minimum Gasteiger partial charge on any atom is -0.264 e. The van der Waals surface area contributed by atoms with E-state index in [9.17, 15) is 20.2 Å². The molecule has 0 saturated carbocycles. The molecule has 0 saturated heterocycles. The Kier molecular flexibility index (Phi) is 6.57. The molecular weight excluding hydrogens is 200 g/mol. The zero-order valence-corrected chi connectivity index (χ0v) is 9.22. The van der Waals surface area contributed by atoms with Crippen molar-refractivity contribution in [1.29, 1.82) is 0 Å². The second kappa shape index (κ2) is 7.14. The SMILES string of the molecule is CCCC(CC(CCC)[N+](=O)[O-])[N+](=O)[O-]. The van der Waals surface area contributed by atoms with Gasteiger partial charge >= 0.3 is 0 Å². The van der Waals surface area contributed by atoms with Crippen LogP contribution in [0.25, 0.3) is 0 Å². The van der Waals surface area contributed by atoms with E-state index >= 15 is 0 Å². The lowest BCUT2D eigenvalue weighted by Gasteiger charge is -2.11. The first-order valence-electron chi connectivity index (χ1n) is 5.29. The molecule has 6 nitrogen and oxygen atoms in total. The predicted octanol–water partition coefficient (Wildman–Crippen LogP) is 2.27. The first-order valence-corrected chi connectivity index (χ1v) is 5.29. The summed E-state index contributed by atoms with van der Waals surface area (Å²) in [7, 11) is 0. The van der Waals surface area contributed by atoms with Gasteiger partial charge in [0.15, 0.2) is 0 Å². The first-order chi connectivity index (χ1) is 7.02. The van der Waals surface area contributed by atoms with Gasteiger partial charge in [-0.3, -0.25) is 20.2 Å². The lowest BCUT2D eigenvalue weighted by atomic mass is 10.0. The Morgan fingerprint density at radius 3 is 1.47 bits per heavy atom. The van der Waals surface area contributed by atoms with Gasteiger partial charge in [0, 0.05) is 22.7 Å². The van der Waals surface area contributed by atoms with E-state index in [-0.39, 0.29) is 6.42 Å². The standard InChI is InChI=1S/C9H18N2O4/c1-3-5-8(10(12)13)7-9(6-4-2)11(14)15/h8-9H,3-7H2,1-2H3. The van der Waals surface area contributed by atoms with E-state index in [4.69, 9.17) is 0 Å². The summed E-state index contributed by atoms with van der Waals surface area (Å²) >= 11 is 0. The van der Waals surface area contributed by atoms with E-state index in [1.807, 2.05) is 13.8 Å². The molecule has 0 aromatic heterocycles. The zero-order chi connectivity index (χ0) is 11.8. The van der Waals surface area contributed by atoms with Gasteiger partial charge in [-0.15, -0.1) is 0 Å². The number of nitro groups is 2. The Bertz CT molecular complexity index is 198. The third-order valence-corrected chi connectivity index (χ3v) is 2.38. The Balaban J connectivity index is 4.32. The highest BCUT2D eigenvalue weighted by atomic mass is 16.6. The van der Waals surface area contributed by atoms with Crippen LogP contribution in [-0.2, 0) is 0 Å². The molecule has 0 aromatic rings. The molecule has 0 heterocycles. The van der Waals surface area contributed by atoms with Crippen molar-refractivity contribution >= 4 is 0 Å². The van der Waals surface area contributed by atoms with Gasteiger partial charge in [0.05, 0.1) is 6.42 Å². The monoisotopic (exact) mass is 218 g/mol. The van der Waals surface area contributed by atoms with Crippen LogP contribution in [0, 0.1) is 20.2 Å². The fraction of sp³-hybridized carbons (Fsp3) is 1.00. The molecule has 2 unspecified atom stereocenters. The highest BCUT2D eigenvalue weighted by Gasteiger charge is 2.30. The fourth-order valence-corrected chi connectivity index (χ4v) is 1.60. The molecule has 0 aliphatic carbocycles. The molecule has 15 heavy (non-hydrogen) atoms. The maximum absolute atomic E-state index is 10.6. The van der Waals surface area contributed by atoms with E-state index < -0.39 is 21.9 Å². The summed E-state index contributed by atoms with van der Waals surface area (Å²) in [4.78, 5) is 20.5. The third-order valence-electron chi connectivity index (χ3n) is 2.38. The lowest BCUT2D eigenvalue weighted by molar-refractivity contribution is -0.561. The minimum absolute atomic E-state index is 0.0572. The van der Waals surface area contributed by atoms with E-state index in [1.54, 1.807) is 0 Å². The van der Waals surface area contributed by atoms with Crippen LogP contribution in [0.15, 0.2) is 0 Å². The van der Waals surface area contributed by atoms with E-state index in [2.05, 4.69) is 0 Å². The number of hydrogen-bond donors (Lipinski definition) is 0. The van der Waals surface area contributed by atoms with Crippen LogP contribution in [-0.4, -0.2) is 21.9 Å². The van der Waals surface area contributed by atoms with Gasteiger partial charge in [0.2, 0.25) is 12.1 Å². The molecule has 0 spiro atoms. The summed E-state index contributed by atoms with van der Waals surface area (Å²) in [6.07, 6.45) is 2.26. The molecule has 88 valence electrons. The topological polar surface area (TPSA) is 86.3 Å². The molecule has 0 aliphatic heterocycles. The van der Waals surface area contributed by atoms with Crippen molar-refractivity contribution in [2.24, 2.45) is 0 Å². The van der Waals surface area contributed by atoms with Gasteiger partial charge in [-0.05, 0) is 12.8 Å². The van der Waals surface area contributed by atoms with E-state index in [0.29, 0.717) is 25.7 Å². The summed E-state index contributed by atoms with van der Waals surface area (Å²) < 4.78 is 0. The van der Waals surface area contributed by atoms with Crippen LogP contribution in [0.4, 0.5) is 0 Å². The van der Waals surface area contributed by atoms with Crippen LogP contribution in [0.5, 0.6) is 0 Å². The van der Waals surface area contributed by atoms with Crippen molar-refractivity contribution in [3.63, 3.8) is 0 Å². The van der Waals surface area contributed by atoms with Crippen LogP contribution in [0.1, 0.15) is 46.0 Å². The molecule has 0 rings (SSSR count). The summed E-state index contributed by atoms with van der Waals surface area (Å²) in [6.45, 7) is 3.69. The van der Waals surface area contributed by atoms with Crippen molar-refractivity contribution in [1.82, 2.24) is 0 Å². The molecule has 0 radical (unpaired) electrons. The number of rotatable bonds is 8. The van der Waals surface area contributed by atoms with Crippen LogP contribution >= 0.6 is 0 Å². The zero-order valence-electron chi connectivity index (χ0n) is 9.22. The van der Waals surface area contributed by atoms with Gasteiger partial charge in [0.1, 0.15) is 0 Å². The second-order valence-corrected chi connectivity index (χ2v) is 3.69. The normalized spacial score (nSPS) is 14.5. The van der Waals surface area contributed by atoms with Crippen molar-refractivity contribution in [3.05, 3.63) is 20.2 Å². The minimum atomic E-state index is -0.767. The van der Waals surface area contributed by atoms with E-state index in [0.717, 1.165) is 0 Å². The van der Waals surface area contributed by atoms with Crippen molar-refractivity contribution in [2.45, 2.75) is 58.0 Å². The van der Waals surface area contributed by atoms with Crippen LogP contribution < -0.4 is 0 Å². The Hall–Kier alpha value is -1.20. The van der Waals surface area contributed by atoms with Gasteiger partial charge in [-0.2, -0.15) is 0 Å². The third kappa shape index (κ3) is 5.29. The Morgan fingerprint density at radius 2 is 1.27 bits per heavy atom. The molecule has 0 amide bonds. The van der Waals surface area contributed by atoms with E-state index in [1.165, 1.54) is 0 Å². The van der Waals surface area contributed by atoms with Gasteiger partial charge < -0.3 is 0 Å². The van der Waals surface area contributed by atoms with Crippen molar-refractivity contribution < 1.29 is 9.85 Å².